The van der Waals surface area contributed by atoms with Crippen molar-refractivity contribution in [2.45, 2.75) is 12.2 Å². The molecule has 1 aromatic carbocycles. The maximum absolute atomic E-state index is 4.39. The highest BCUT2D eigenvalue weighted by Crippen LogP contribution is 2.22. The molecule has 13 heavy (non-hydrogen) atoms. The van der Waals surface area contributed by atoms with Gasteiger partial charge in [-0.1, -0.05) is 6.07 Å². The number of benzene rings is 1. The normalized spacial score (nSPS) is 13.5. The first-order chi connectivity index (χ1) is 6.18. The zero-order valence-corrected chi connectivity index (χ0v) is 8.62. The van der Waals surface area contributed by atoms with Crippen LogP contribution >= 0.6 is 12.6 Å². The number of hydrogen-bond donors (Lipinski definition) is 1. The minimum Gasteiger partial charge on any atom is -0.334 e. The summed E-state index contributed by atoms with van der Waals surface area (Å²) in [6.07, 6.45) is 1.83. The van der Waals surface area contributed by atoms with Crippen LogP contribution in [-0.2, 0) is 7.05 Å². The minimum atomic E-state index is 0.270. The van der Waals surface area contributed by atoms with Crippen LogP contribution in [0.4, 0.5) is 0 Å². The summed E-state index contributed by atoms with van der Waals surface area (Å²) in [5, 5.41) is 0.270. The molecular weight excluding hydrogens is 180 g/mol. The highest BCUT2D eigenvalue weighted by atomic mass is 32.1. The molecule has 0 radical (unpaired) electrons. The summed E-state index contributed by atoms with van der Waals surface area (Å²) in [6, 6.07) is 6.28. The van der Waals surface area contributed by atoms with Crippen LogP contribution < -0.4 is 0 Å². The van der Waals surface area contributed by atoms with E-state index >= 15 is 0 Å². The second kappa shape index (κ2) is 3.07. The molecule has 68 valence electrons. The highest BCUT2D eigenvalue weighted by molar-refractivity contribution is 7.80. The Balaban J connectivity index is 2.63. The Bertz CT molecular complexity index is 431. The largest absolute Gasteiger partial charge is 0.334 e. The number of imidazole rings is 1. The van der Waals surface area contributed by atoms with Crippen LogP contribution in [0.15, 0.2) is 24.5 Å². The van der Waals surface area contributed by atoms with Crippen molar-refractivity contribution in [2.24, 2.45) is 7.05 Å². The molecule has 3 heteroatoms. The average molecular weight is 192 g/mol. The Hall–Kier alpha value is -0.960. The van der Waals surface area contributed by atoms with Gasteiger partial charge in [-0.2, -0.15) is 12.6 Å². The lowest BCUT2D eigenvalue weighted by molar-refractivity contribution is 0.947. The van der Waals surface area contributed by atoms with E-state index in [1.165, 1.54) is 5.56 Å². The van der Waals surface area contributed by atoms with Crippen molar-refractivity contribution in [1.29, 1.82) is 0 Å². The molecule has 0 bridgehead atoms. The van der Waals surface area contributed by atoms with Gasteiger partial charge in [0.25, 0.3) is 0 Å². The Morgan fingerprint density at radius 2 is 2.23 bits per heavy atom. The number of rotatable bonds is 1. The fourth-order valence-corrected chi connectivity index (χ4v) is 1.57. The van der Waals surface area contributed by atoms with Gasteiger partial charge in [0.2, 0.25) is 0 Å². The molecule has 0 saturated carbocycles. The van der Waals surface area contributed by atoms with Gasteiger partial charge in [-0.3, -0.25) is 0 Å². The summed E-state index contributed by atoms with van der Waals surface area (Å²) in [7, 11) is 2.00. The molecule has 0 fully saturated rings. The number of thiol groups is 1. The van der Waals surface area contributed by atoms with Crippen molar-refractivity contribution in [1.82, 2.24) is 9.55 Å². The zero-order valence-electron chi connectivity index (χ0n) is 7.73. The van der Waals surface area contributed by atoms with E-state index in [9.17, 15) is 0 Å². The van der Waals surface area contributed by atoms with Gasteiger partial charge >= 0.3 is 0 Å². The van der Waals surface area contributed by atoms with E-state index in [1.54, 1.807) is 0 Å². The van der Waals surface area contributed by atoms with Gasteiger partial charge in [-0.05, 0) is 24.6 Å². The summed E-state index contributed by atoms with van der Waals surface area (Å²) in [5.41, 5.74) is 3.42. The van der Waals surface area contributed by atoms with E-state index in [2.05, 4.69) is 42.7 Å². The predicted molar refractivity (Wildman–Crippen MR) is 58.1 cm³/mol. The first-order valence-corrected chi connectivity index (χ1v) is 4.79. The molecule has 1 atom stereocenters. The Morgan fingerprint density at radius 1 is 1.46 bits per heavy atom. The number of aryl methyl sites for hydroxylation is 1. The predicted octanol–water partition coefficient (Wildman–Crippen LogP) is 2.56. The molecule has 1 unspecified atom stereocenters. The number of fused-ring (bicyclic) bond motifs is 1. The van der Waals surface area contributed by atoms with Gasteiger partial charge in [-0.15, -0.1) is 0 Å². The lowest BCUT2D eigenvalue weighted by atomic mass is 10.1. The third kappa shape index (κ3) is 1.44. The Labute approximate surface area is 83.0 Å². The monoisotopic (exact) mass is 192 g/mol. The molecule has 2 aromatic rings. The highest BCUT2D eigenvalue weighted by Gasteiger charge is 2.03. The van der Waals surface area contributed by atoms with Crippen LogP contribution in [0.25, 0.3) is 11.0 Å². The molecule has 2 rings (SSSR count). The number of nitrogens with zero attached hydrogens (tertiary/aromatic N) is 2. The molecule has 0 aliphatic heterocycles. The van der Waals surface area contributed by atoms with Crippen LogP contribution in [0.1, 0.15) is 17.7 Å². The van der Waals surface area contributed by atoms with Gasteiger partial charge in [0.1, 0.15) is 0 Å². The number of hydrogen-bond acceptors (Lipinski definition) is 2. The van der Waals surface area contributed by atoms with Crippen LogP contribution in [0.3, 0.4) is 0 Å². The second-order valence-corrected chi connectivity index (χ2v) is 4.05. The number of aromatic nitrogens is 2. The third-order valence-corrected chi connectivity index (χ3v) is 2.53. The van der Waals surface area contributed by atoms with E-state index in [0.717, 1.165) is 11.0 Å². The van der Waals surface area contributed by atoms with E-state index in [-0.39, 0.29) is 5.25 Å². The Kier molecular flexibility index (Phi) is 2.04. The molecule has 1 heterocycles. The topological polar surface area (TPSA) is 17.8 Å². The van der Waals surface area contributed by atoms with E-state index in [4.69, 9.17) is 0 Å². The summed E-state index contributed by atoms with van der Waals surface area (Å²) in [4.78, 5) is 4.29. The maximum Gasteiger partial charge on any atom is 0.0955 e. The average Bonchev–Trinajstić information content (AvgIpc) is 2.47. The Morgan fingerprint density at radius 3 is 2.92 bits per heavy atom. The van der Waals surface area contributed by atoms with Crippen LogP contribution in [0.5, 0.6) is 0 Å². The molecule has 2 nitrogen and oxygen atoms in total. The van der Waals surface area contributed by atoms with Gasteiger partial charge in [0.15, 0.2) is 0 Å². The quantitative estimate of drug-likeness (QED) is 0.687. The first kappa shape index (κ1) is 8.63. The molecule has 0 saturated heterocycles. The summed E-state index contributed by atoms with van der Waals surface area (Å²) in [6.45, 7) is 2.06. The second-order valence-electron chi connectivity index (χ2n) is 3.28. The summed E-state index contributed by atoms with van der Waals surface area (Å²) < 4.78 is 2.02. The van der Waals surface area contributed by atoms with Crippen molar-refractivity contribution in [3.63, 3.8) is 0 Å². The smallest absolute Gasteiger partial charge is 0.0955 e. The van der Waals surface area contributed by atoms with E-state index < -0.39 is 0 Å². The van der Waals surface area contributed by atoms with Gasteiger partial charge < -0.3 is 4.57 Å². The molecule has 0 spiro atoms. The van der Waals surface area contributed by atoms with Crippen LogP contribution in [-0.4, -0.2) is 9.55 Å². The fourth-order valence-electron chi connectivity index (χ4n) is 1.41. The van der Waals surface area contributed by atoms with Gasteiger partial charge in [-0.25, -0.2) is 4.98 Å². The molecule has 0 aliphatic carbocycles. The molecule has 0 amide bonds. The lowest BCUT2D eigenvalue weighted by Crippen LogP contribution is -1.86. The van der Waals surface area contributed by atoms with Crippen molar-refractivity contribution < 1.29 is 0 Å². The summed E-state index contributed by atoms with van der Waals surface area (Å²) in [5.74, 6) is 0. The molecule has 0 N–H and O–H groups in total. The van der Waals surface area contributed by atoms with Crippen molar-refractivity contribution in [3.05, 3.63) is 30.1 Å². The fraction of sp³-hybridized carbons (Fsp3) is 0.300. The standard InChI is InChI=1S/C10H12N2S/c1-7(13)8-3-4-10-9(5-8)11-6-12(10)2/h3-7,13H,1-2H3. The summed E-state index contributed by atoms with van der Waals surface area (Å²) >= 11 is 4.39. The maximum atomic E-state index is 4.39. The van der Waals surface area contributed by atoms with Crippen molar-refractivity contribution in [3.8, 4) is 0 Å². The van der Waals surface area contributed by atoms with Gasteiger partial charge in [0, 0.05) is 12.3 Å². The lowest BCUT2D eigenvalue weighted by Gasteiger charge is -2.03. The molecular formula is C10H12N2S. The molecule has 1 aromatic heterocycles. The SMILES string of the molecule is CC(S)c1ccc2c(c1)ncn2C. The van der Waals surface area contributed by atoms with Crippen molar-refractivity contribution in [2.75, 3.05) is 0 Å². The molecule has 0 aliphatic rings. The van der Waals surface area contributed by atoms with Gasteiger partial charge in [0.05, 0.1) is 17.4 Å². The minimum absolute atomic E-state index is 0.270. The van der Waals surface area contributed by atoms with E-state index in [0.29, 0.717) is 0 Å². The van der Waals surface area contributed by atoms with E-state index in [1.807, 2.05) is 17.9 Å². The first-order valence-electron chi connectivity index (χ1n) is 4.27. The zero-order chi connectivity index (χ0) is 9.42. The third-order valence-electron chi connectivity index (χ3n) is 2.23. The van der Waals surface area contributed by atoms with Crippen LogP contribution in [0, 0.1) is 0 Å². The van der Waals surface area contributed by atoms with Crippen molar-refractivity contribution >= 4 is 23.7 Å². The van der Waals surface area contributed by atoms with Crippen LogP contribution in [0.2, 0.25) is 0 Å².